The van der Waals surface area contributed by atoms with Gasteiger partial charge in [-0.15, -0.1) is 0 Å². The van der Waals surface area contributed by atoms with E-state index in [4.69, 9.17) is 16.3 Å². The Morgan fingerprint density at radius 2 is 1.68 bits per heavy atom. The third-order valence-corrected chi connectivity index (χ3v) is 7.92. The van der Waals surface area contributed by atoms with Crippen molar-refractivity contribution in [3.05, 3.63) is 88.4 Å². The van der Waals surface area contributed by atoms with Crippen LogP contribution in [-0.2, 0) is 25.0 Å². The molecule has 8 heteroatoms. The Morgan fingerprint density at radius 3 is 2.38 bits per heavy atom. The molecule has 3 aromatic carbocycles. The summed E-state index contributed by atoms with van der Waals surface area (Å²) in [6.45, 7) is 4.52. The van der Waals surface area contributed by atoms with Gasteiger partial charge in [0, 0.05) is 29.6 Å². The summed E-state index contributed by atoms with van der Waals surface area (Å²) < 4.78 is 34.4. The van der Waals surface area contributed by atoms with E-state index in [-0.39, 0.29) is 10.8 Å². The zero-order chi connectivity index (χ0) is 24.3. The van der Waals surface area contributed by atoms with Gasteiger partial charge >= 0.3 is 0 Å². The van der Waals surface area contributed by atoms with Crippen LogP contribution in [0.4, 0.5) is 11.4 Å². The van der Waals surface area contributed by atoms with E-state index in [1.54, 1.807) is 43.3 Å². The number of rotatable bonds is 6. The third kappa shape index (κ3) is 5.12. The maximum Gasteiger partial charge on any atom is 0.262 e. The number of nitrogens with one attached hydrogen (secondary N) is 2. The molecule has 0 bridgehead atoms. The predicted molar refractivity (Wildman–Crippen MR) is 135 cm³/mol. The van der Waals surface area contributed by atoms with E-state index in [1.807, 2.05) is 31.2 Å². The van der Waals surface area contributed by atoms with Crippen LogP contribution < -0.4 is 10.0 Å². The SMILES string of the molecule is Cc1cccc(NS(=O)(=O)c2cc(NC(=O)C3(c4cccc(Cl)c4)CCOCC3)ccc2C)c1. The molecule has 0 radical (unpaired) electrons. The number of sulfonamides is 1. The van der Waals surface area contributed by atoms with Gasteiger partial charge in [0.2, 0.25) is 5.91 Å². The Hall–Kier alpha value is -2.87. The average molecular weight is 499 g/mol. The summed E-state index contributed by atoms with van der Waals surface area (Å²) in [6, 6.07) is 19.4. The Kier molecular flexibility index (Phi) is 6.98. The highest BCUT2D eigenvalue weighted by Gasteiger charge is 2.42. The van der Waals surface area contributed by atoms with E-state index < -0.39 is 15.4 Å². The van der Waals surface area contributed by atoms with Crippen molar-refractivity contribution < 1.29 is 17.9 Å². The first-order chi connectivity index (χ1) is 16.2. The van der Waals surface area contributed by atoms with Crippen LogP contribution >= 0.6 is 11.6 Å². The third-order valence-electron chi connectivity index (χ3n) is 6.16. The average Bonchev–Trinajstić information content (AvgIpc) is 2.80. The highest BCUT2D eigenvalue weighted by Crippen LogP contribution is 2.37. The molecule has 1 heterocycles. The first-order valence-corrected chi connectivity index (χ1v) is 12.9. The molecule has 1 aliphatic heterocycles. The van der Waals surface area contributed by atoms with Crippen molar-refractivity contribution in [3.63, 3.8) is 0 Å². The van der Waals surface area contributed by atoms with Gasteiger partial charge in [-0.05, 0) is 79.8 Å². The van der Waals surface area contributed by atoms with E-state index in [0.717, 1.165) is 11.1 Å². The van der Waals surface area contributed by atoms with Crippen LogP contribution in [0.15, 0.2) is 71.6 Å². The normalized spacial score (nSPS) is 15.5. The second-order valence-corrected chi connectivity index (χ2v) is 10.7. The minimum Gasteiger partial charge on any atom is -0.381 e. The number of carbonyl (C=O) groups is 1. The van der Waals surface area contributed by atoms with Crippen LogP contribution in [-0.4, -0.2) is 27.5 Å². The quantitative estimate of drug-likeness (QED) is 0.473. The van der Waals surface area contributed by atoms with Gasteiger partial charge in [-0.1, -0.05) is 41.9 Å². The lowest BCUT2D eigenvalue weighted by Crippen LogP contribution is -2.44. The molecule has 0 saturated carbocycles. The molecule has 1 amide bonds. The Morgan fingerprint density at radius 1 is 0.941 bits per heavy atom. The largest absolute Gasteiger partial charge is 0.381 e. The highest BCUT2D eigenvalue weighted by atomic mass is 35.5. The Bertz CT molecular complexity index is 1320. The molecule has 6 nitrogen and oxygen atoms in total. The van der Waals surface area contributed by atoms with E-state index in [0.29, 0.717) is 48.0 Å². The summed E-state index contributed by atoms with van der Waals surface area (Å²) in [7, 11) is -3.86. The van der Waals surface area contributed by atoms with Crippen LogP contribution in [0.5, 0.6) is 0 Å². The van der Waals surface area contributed by atoms with Gasteiger partial charge in [0.1, 0.15) is 0 Å². The fourth-order valence-corrected chi connectivity index (χ4v) is 5.80. The molecule has 0 aliphatic carbocycles. The maximum absolute atomic E-state index is 13.6. The lowest BCUT2D eigenvalue weighted by molar-refractivity contribution is -0.125. The number of halogens is 1. The fourth-order valence-electron chi connectivity index (χ4n) is 4.29. The molecule has 1 fully saturated rings. The minimum absolute atomic E-state index is 0.107. The van der Waals surface area contributed by atoms with Crippen LogP contribution in [0.1, 0.15) is 29.5 Å². The van der Waals surface area contributed by atoms with Crippen molar-refractivity contribution in [2.24, 2.45) is 0 Å². The molecule has 1 saturated heterocycles. The van der Waals surface area contributed by atoms with Crippen molar-refractivity contribution >= 4 is 38.9 Å². The summed E-state index contributed by atoms with van der Waals surface area (Å²) in [5.74, 6) is -0.211. The zero-order valence-corrected chi connectivity index (χ0v) is 20.7. The topological polar surface area (TPSA) is 84.5 Å². The van der Waals surface area contributed by atoms with Crippen molar-refractivity contribution in [3.8, 4) is 0 Å². The van der Waals surface area contributed by atoms with Crippen molar-refractivity contribution in [1.82, 2.24) is 0 Å². The van der Waals surface area contributed by atoms with Gasteiger partial charge in [-0.3, -0.25) is 9.52 Å². The standard InChI is InChI=1S/C26H27ClN2O4S/c1-18-5-3-8-23(15-18)29-34(31,32)24-17-22(10-9-19(24)2)28-25(30)26(11-13-33-14-12-26)20-6-4-7-21(27)16-20/h3-10,15-17,29H,11-14H2,1-2H3,(H,28,30). The summed E-state index contributed by atoms with van der Waals surface area (Å²) >= 11 is 6.22. The minimum atomic E-state index is -3.86. The molecule has 34 heavy (non-hydrogen) atoms. The molecular weight excluding hydrogens is 472 g/mol. The van der Waals surface area contributed by atoms with Crippen LogP contribution in [0.25, 0.3) is 0 Å². The molecule has 1 aliphatic rings. The fraction of sp³-hybridized carbons (Fsp3) is 0.269. The lowest BCUT2D eigenvalue weighted by Gasteiger charge is -2.36. The first kappa shape index (κ1) is 24.3. The molecule has 4 rings (SSSR count). The number of anilines is 2. The summed E-state index contributed by atoms with van der Waals surface area (Å²) in [6.07, 6.45) is 1.01. The number of amides is 1. The molecule has 0 aromatic heterocycles. The maximum atomic E-state index is 13.6. The number of hydrogen-bond donors (Lipinski definition) is 2. The molecule has 0 unspecified atom stereocenters. The smallest absolute Gasteiger partial charge is 0.262 e. The van der Waals surface area contributed by atoms with Gasteiger partial charge in [0.25, 0.3) is 10.0 Å². The molecular formula is C26H27ClN2O4S. The van der Waals surface area contributed by atoms with Crippen LogP contribution in [0.3, 0.4) is 0 Å². The lowest BCUT2D eigenvalue weighted by atomic mass is 9.73. The molecule has 3 aromatic rings. The number of carbonyl (C=O) groups excluding carboxylic acids is 1. The van der Waals surface area contributed by atoms with Crippen molar-refractivity contribution in [2.75, 3.05) is 23.3 Å². The zero-order valence-electron chi connectivity index (χ0n) is 19.1. The van der Waals surface area contributed by atoms with E-state index in [1.165, 1.54) is 6.07 Å². The van der Waals surface area contributed by atoms with E-state index in [9.17, 15) is 13.2 Å². The Balaban J connectivity index is 1.64. The van der Waals surface area contributed by atoms with Gasteiger partial charge in [-0.2, -0.15) is 0 Å². The number of benzene rings is 3. The van der Waals surface area contributed by atoms with Crippen LogP contribution in [0, 0.1) is 13.8 Å². The van der Waals surface area contributed by atoms with Gasteiger partial charge in [0.15, 0.2) is 0 Å². The molecule has 0 atom stereocenters. The molecule has 2 N–H and O–H groups in total. The summed E-state index contributed by atoms with van der Waals surface area (Å²) in [5.41, 5.74) is 2.42. The van der Waals surface area contributed by atoms with Crippen LogP contribution in [0.2, 0.25) is 5.02 Å². The second kappa shape index (κ2) is 9.78. The van der Waals surface area contributed by atoms with E-state index >= 15 is 0 Å². The van der Waals surface area contributed by atoms with Gasteiger partial charge < -0.3 is 10.1 Å². The molecule has 178 valence electrons. The number of hydrogen-bond acceptors (Lipinski definition) is 4. The molecule has 0 spiro atoms. The Labute approximate surface area is 205 Å². The monoisotopic (exact) mass is 498 g/mol. The van der Waals surface area contributed by atoms with Crippen molar-refractivity contribution in [1.29, 1.82) is 0 Å². The van der Waals surface area contributed by atoms with Gasteiger partial charge in [-0.25, -0.2) is 8.42 Å². The second-order valence-electron chi connectivity index (χ2n) is 8.61. The number of aryl methyl sites for hydroxylation is 2. The summed E-state index contributed by atoms with van der Waals surface area (Å²) in [4.78, 5) is 13.7. The first-order valence-electron chi connectivity index (χ1n) is 11.0. The summed E-state index contributed by atoms with van der Waals surface area (Å²) in [5, 5.41) is 3.51. The predicted octanol–water partition coefficient (Wildman–Crippen LogP) is 5.44. The van der Waals surface area contributed by atoms with Gasteiger partial charge in [0.05, 0.1) is 10.3 Å². The highest BCUT2D eigenvalue weighted by molar-refractivity contribution is 7.92. The number of ether oxygens (including phenoxy) is 1. The van der Waals surface area contributed by atoms with E-state index in [2.05, 4.69) is 10.0 Å². The van der Waals surface area contributed by atoms with Crippen molar-refractivity contribution in [2.45, 2.75) is 37.0 Å².